The van der Waals surface area contributed by atoms with Gasteiger partial charge in [0.25, 0.3) is 11.3 Å². The Labute approximate surface area is 157 Å². The first kappa shape index (κ1) is 17.7. The third-order valence-electron chi connectivity index (χ3n) is 4.76. The Morgan fingerprint density at radius 3 is 2.63 bits per heavy atom. The number of ether oxygens (including phenoxy) is 1. The van der Waals surface area contributed by atoms with E-state index in [-0.39, 0.29) is 5.56 Å². The highest BCUT2D eigenvalue weighted by Gasteiger charge is 2.14. The van der Waals surface area contributed by atoms with Gasteiger partial charge in [-0.1, -0.05) is 31.2 Å². The van der Waals surface area contributed by atoms with Crippen LogP contribution in [-0.4, -0.2) is 50.8 Å². The van der Waals surface area contributed by atoms with Crippen LogP contribution in [0, 0.1) is 0 Å². The smallest absolute Gasteiger partial charge is 0.274 e. The minimum atomic E-state index is -0.156. The van der Waals surface area contributed by atoms with Crippen molar-refractivity contribution in [3.05, 3.63) is 57.5 Å². The fraction of sp³-hybridized carbons (Fsp3) is 0.421. The topological polar surface area (TPSA) is 87.5 Å². The fourth-order valence-corrected chi connectivity index (χ4v) is 3.15. The number of nitrogens with zero attached hydrogens (tertiary/aromatic N) is 4. The van der Waals surface area contributed by atoms with E-state index in [1.807, 2.05) is 0 Å². The molecule has 0 amide bonds. The Kier molecular flexibility index (Phi) is 5.17. The van der Waals surface area contributed by atoms with E-state index >= 15 is 0 Å². The van der Waals surface area contributed by atoms with Crippen molar-refractivity contribution in [2.45, 2.75) is 26.4 Å². The molecule has 27 heavy (non-hydrogen) atoms. The minimum absolute atomic E-state index is 0.156. The van der Waals surface area contributed by atoms with Crippen LogP contribution in [0.5, 0.6) is 0 Å². The minimum Gasteiger partial charge on any atom is -0.379 e. The number of hydrogen-bond acceptors (Lipinski definition) is 6. The summed E-state index contributed by atoms with van der Waals surface area (Å²) in [5.74, 6) is 0.914. The van der Waals surface area contributed by atoms with Crippen LogP contribution in [0.25, 0.3) is 5.78 Å². The summed E-state index contributed by atoms with van der Waals surface area (Å²) in [6.45, 7) is 6.54. The zero-order valence-electron chi connectivity index (χ0n) is 15.4. The van der Waals surface area contributed by atoms with Crippen LogP contribution in [0.1, 0.15) is 23.7 Å². The lowest BCUT2D eigenvalue weighted by Gasteiger charge is -2.25. The largest absolute Gasteiger partial charge is 0.379 e. The lowest BCUT2D eigenvalue weighted by Crippen LogP contribution is -2.36. The van der Waals surface area contributed by atoms with Gasteiger partial charge in [0.2, 0.25) is 5.95 Å². The number of nitrogens with one attached hydrogen (secondary N) is 2. The summed E-state index contributed by atoms with van der Waals surface area (Å²) >= 11 is 0. The summed E-state index contributed by atoms with van der Waals surface area (Å²) in [5.41, 5.74) is 3.04. The highest BCUT2D eigenvalue weighted by molar-refractivity contribution is 5.38. The van der Waals surface area contributed by atoms with Crippen molar-refractivity contribution in [1.82, 2.24) is 24.5 Å². The van der Waals surface area contributed by atoms with Gasteiger partial charge in [0, 0.05) is 32.2 Å². The van der Waals surface area contributed by atoms with Crippen LogP contribution < -0.4 is 10.9 Å². The number of benzene rings is 1. The first-order chi connectivity index (χ1) is 13.2. The Morgan fingerprint density at radius 1 is 1.15 bits per heavy atom. The molecular formula is C19H24N6O2. The molecule has 2 aromatic heterocycles. The molecule has 0 saturated carbocycles. The molecule has 0 atom stereocenters. The molecule has 0 unspecified atom stereocenters. The highest BCUT2D eigenvalue weighted by Crippen LogP contribution is 2.09. The summed E-state index contributed by atoms with van der Waals surface area (Å²) in [6, 6.07) is 10.0. The summed E-state index contributed by atoms with van der Waals surface area (Å²) < 4.78 is 6.72. The van der Waals surface area contributed by atoms with E-state index < -0.39 is 0 Å². The molecule has 1 aliphatic rings. The lowest BCUT2D eigenvalue weighted by atomic mass is 10.1. The van der Waals surface area contributed by atoms with Crippen molar-refractivity contribution < 1.29 is 4.74 Å². The van der Waals surface area contributed by atoms with Crippen molar-refractivity contribution >= 4 is 11.7 Å². The van der Waals surface area contributed by atoms with E-state index in [4.69, 9.17) is 4.74 Å². The second-order valence-corrected chi connectivity index (χ2v) is 6.71. The quantitative estimate of drug-likeness (QED) is 0.684. The maximum Gasteiger partial charge on any atom is 0.274 e. The number of aromatic amines is 1. The van der Waals surface area contributed by atoms with Gasteiger partial charge in [0.1, 0.15) is 0 Å². The lowest BCUT2D eigenvalue weighted by molar-refractivity contribution is 0.0336. The number of hydrogen-bond donors (Lipinski definition) is 2. The molecule has 8 nitrogen and oxygen atoms in total. The molecule has 0 bridgehead atoms. The number of aryl methyl sites for hydroxylation is 1. The van der Waals surface area contributed by atoms with Gasteiger partial charge in [-0.15, -0.1) is 0 Å². The van der Waals surface area contributed by atoms with E-state index in [9.17, 15) is 4.79 Å². The normalized spacial score (nSPS) is 15.3. The molecule has 1 saturated heterocycles. The molecule has 3 aromatic rings. The van der Waals surface area contributed by atoms with Gasteiger partial charge < -0.3 is 10.1 Å². The van der Waals surface area contributed by atoms with E-state index in [0.717, 1.165) is 44.0 Å². The first-order valence-electron chi connectivity index (χ1n) is 9.32. The second-order valence-electron chi connectivity index (χ2n) is 6.71. The van der Waals surface area contributed by atoms with Gasteiger partial charge in [-0.05, 0) is 17.5 Å². The molecule has 4 rings (SSSR count). The molecule has 3 heterocycles. The standard InChI is InChI=1S/C19H24N6O2/c1-2-14-3-5-15(6-4-14)12-20-18-22-19-21-16(11-17(26)25(19)23-18)13-24-7-9-27-10-8-24/h3-6,11H,2,7-10,12-13H2,1H3,(H2,20,21,22,23). The Hall–Kier alpha value is -2.71. The second kappa shape index (κ2) is 7.89. The molecule has 2 N–H and O–H groups in total. The predicted octanol–water partition coefficient (Wildman–Crippen LogP) is 1.42. The van der Waals surface area contributed by atoms with Crippen molar-refractivity contribution in [2.24, 2.45) is 0 Å². The molecule has 0 aliphatic carbocycles. The van der Waals surface area contributed by atoms with Crippen LogP contribution >= 0.6 is 0 Å². The predicted molar refractivity (Wildman–Crippen MR) is 103 cm³/mol. The maximum atomic E-state index is 12.4. The number of aromatic nitrogens is 4. The van der Waals surface area contributed by atoms with Gasteiger partial charge >= 0.3 is 0 Å². The number of anilines is 1. The third-order valence-corrected chi connectivity index (χ3v) is 4.76. The molecule has 0 radical (unpaired) electrons. The Balaban J connectivity index is 1.47. The molecule has 0 spiro atoms. The van der Waals surface area contributed by atoms with Gasteiger partial charge in [-0.25, -0.2) is 4.98 Å². The average Bonchev–Trinajstić information content (AvgIpc) is 3.11. The Morgan fingerprint density at radius 2 is 1.89 bits per heavy atom. The van der Waals surface area contributed by atoms with Crippen molar-refractivity contribution in [2.75, 3.05) is 31.6 Å². The number of rotatable bonds is 6. The van der Waals surface area contributed by atoms with Crippen LogP contribution in [0.2, 0.25) is 0 Å². The molecule has 1 fully saturated rings. The summed E-state index contributed by atoms with van der Waals surface area (Å²) in [6.07, 6.45) is 1.03. The van der Waals surface area contributed by atoms with E-state index in [1.54, 1.807) is 6.07 Å². The number of morpholine rings is 1. The van der Waals surface area contributed by atoms with E-state index in [0.29, 0.717) is 24.8 Å². The number of fused-ring (bicyclic) bond motifs is 1. The number of H-pyrrole nitrogens is 1. The zero-order chi connectivity index (χ0) is 18.6. The van der Waals surface area contributed by atoms with E-state index in [1.165, 1.54) is 10.1 Å². The van der Waals surface area contributed by atoms with E-state index in [2.05, 4.69) is 56.5 Å². The molecule has 142 valence electrons. The molecule has 1 aromatic carbocycles. The first-order valence-corrected chi connectivity index (χ1v) is 9.32. The van der Waals surface area contributed by atoms with Crippen LogP contribution in [0.4, 0.5) is 5.95 Å². The molecule has 1 aliphatic heterocycles. The van der Waals surface area contributed by atoms with Crippen LogP contribution in [0.15, 0.2) is 35.1 Å². The summed E-state index contributed by atoms with van der Waals surface area (Å²) in [5, 5.41) is 6.20. The van der Waals surface area contributed by atoms with Crippen molar-refractivity contribution in [1.29, 1.82) is 0 Å². The summed E-state index contributed by atoms with van der Waals surface area (Å²) in [4.78, 5) is 23.6. The average molecular weight is 368 g/mol. The Bertz CT molecular complexity index is 956. The zero-order valence-corrected chi connectivity index (χ0v) is 15.4. The SMILES string of the molecule is CCc1ccc(CNc2nc3nc(CN4CCOCC4)cc(=O)n3[nH]2)cc1. The highest BCUT2D eigenvalue weighted by atomic mass is 16.5. The third kappa shape index (κ3) is 4.17. The van der Waals surface area contributed by atoms with Crippen LogP contribution in [-0.2, 0) is 24.2 Å². The molecule has 8 heteroatoms. The van der Waals surface area contributed by atoms with Gasteiger partial charge in [0.15, 0.2) is 0 Å². The van der Waals surface area contributed by atoms with Crippen molar-refractivity contribution in [3.8, 4) is 0 Å². The van der Waals surface area contributed by atoms with Crippen molar-refractivity contribution in [3.63, 3.8) is 0 Å². The van der Waals surface area contributed by atoms with Gasteiger partial charge in [0.05, 0.1) is 18.9 Å². The summed E-state index contributed by atoms with van der Waals surface area (Å²) in [7, 11) is 0. The van der Waals surface area contributed by atoms with Gasteiger partial charge in [-0.3, -0.25) is 14.8 Å². The van der Waals surface area contributed by atoms with Crippen LogP contribution in [0.3, 0.4) is 0 Å². The fourth-order valence-electron chi connectivity index (χ4n) is 3.15. The monoisotopic (exact) mass is 368 g/mol. The maximum absolute atomic E-state index is 12.4. The van der Waals surface area contributed by atoms with Gasteiger partial charge in [-0.2, -0.15) is 9.50 Å². The molecular weight excluding hydrogens is 344 g/mol.